The van der Waals surface area contributed by atoms with Crippen molar-refractivity contribution in [1.29, 1.82) is 0 Å². The van der Waals surface area contributed by atoms with Gasteiger partial charge in [0.15, 0.2) is 0 Å². The van der Waals surface area contributed by atoms with Crippen molar-refractivity contribution in [2.24, 2.45) is 0 Å². The average Bonchev–Trinajstić information content (AvgIpc) is 2.81. The largest absolute Gasteiger partial charge is 0.387 e. The maximum atomic E-state index is 10.1. The lowest BCUT2D eigenvalue weighted by Gasteiger charge is -2.17. The van der Waals surface area contributed by atoms with Gasteiger partial charge in [-0.25, -0.2) is 0 Å². The lowest BCUT2D eigenvalue weighted by atomic mass is 10.1. The highest BCUT2D eigenvalue weighted by atomic mass is 35.5. The molecule has 0 fully saturated rings. The fourth-order valence-electron chi connectivity index (χ4n) is 2.12. The minimum absolute atomic E-state index is 0.335. The van der Waals surface area contributed by atoms with Gasteiger partial charge in [-0.3, -0.25) is 0 Å². The zero-order valence-electron chi connectivity index (χ0n) is 11.8. The van der Waals surface area contributed by atoms with E-state index in [1.165, 1.54) is 10.4 Å². The predicted octanol–water partition coefficient (Wildman–Crippen LogP) is 3.96. The summed E-state index contributed by atoms with van der Waals surface area (Å²) in [4.78, 5) is 1.37. The van der Waals surface area contributed by atoms with Crippen molar-refractivity contribution < 1.29 is 5.11 Å². The number of aryl methyl sites for hydroxylation is 1. The zero-order chi connectivity index (χ0) is 14.5. The molecule has 2 rings (SSSR count). The van der Waals surface area contributed by atoms with Crippen LogP contribution in [0, 0.1) is 6.92 Å². The molecule has 2 nitrogen and oxygen atoms in total. The number of halogens is 1. The molecule has 108 valence electrons. The standard InChI is InChI=1S/C16H20ClNOS/c1-11-6-15(20-10-11)7-12(2)18-9-16(19)13-4-3-5-14(17)8-13/h3-6,8,10,12,16,18-19H,7,9H2,1-2H3. The highest BCUT2D eigenvalue weighted by Gasteiger charge is 2.10. The Hall–Kier alpha value is -0.870. The molecule has 4 heteroatoms. The Morgan fingerprint density at radius 2 is 2.15 bits per heavy atom. The molecule has 0 saturated heterocycles. The molecule has 2 atom stereocenters. The summed E-state index contributed by atoms with van der Waals surface area (Å²) in [6.07, 6.45) is 0.460. The van der Waals surface area contributed by atoms with E-state index in [9.17, 15) is 5.11 Å². The molecule has 0 amide bonds. The Balaban J connectivity index is 1.82. The summed E-state index contributed by atoms with van der Waals surface area (Å²) >= 11 is 7.72. The van der Waals surface area contributed by atoms with E-state index in [0.717, 1.165) is 12.0 Å². The van der Waals surface area contributed by atoms with E-state index in [4.69, 9.17) is 11.6 Å². The topological polar surface area (TPSA) is 32.3 Å². The van der Waals surface area contributed by atoms with Crippen LogP contribution in [0.4, 0.5) is 0 Å². The SMILES string of the molecule is Cc1csc(CC(C)NCC(O)c2cccc(Cl)c2)c1. The second kappa shape index (κ2) is 7.23. The van der Waals surface area contributed by atoms with E-state index in [2.05, 4.69) is 30.6 Å². The maximum absolute atomic E-state index is 10.1. The van der Waals surface area contributed by atoms with Gasteiger partial charge in [-0.05, 0) is 55.0 Å². The van der Waals surface area contributed by atoms with E-state index < -0.39 is 6.10 Å². The molecule has 2 unspecified atom stereocenters. The molecule has 0 saturated carbocycles. The molecule has 0 radical (unpaired) electrons. The number of rotatable bonds is 6. The first-order chi connectivity index (χ1) is 9.54. The summed E-state index contributed by atoms with van der Waals surface area (Å²) in [5, 5.41) is 16.3. The summed E-state index contributed by atoms with van der Waals surface area (Å²) < 4.78 is 0. The molecule has 2 N–H and O–H groups in total. The monoisotopic (exact) mass is 309 g/mol. The van der Waals surface area contributed by atoms with Crippen LogP contribution >= 0.6 is 22.9 Å². The molecule has 20 heavy (non-hydrogen) atoms. The Labute approximate surface area is 129 Å². The number of hydrogen-bond acceptors (Lipinski definition) is 3. The molecule has 1 heterocycles. The lowest BCUT2D eigenvalue weighted by molar-refractivity contribution is 0.170. The van der Waals surface area contributed by atoms with Crippen LogP contribution in [0.25, 0.3) is 0 Å². The van der Waals surface area contributed by atoms with Gasteiger partial charge in [0.05, 0.1) is 6.10 Å². The Morgan fingerprint density at radius 1 is 1.35 bits per heavy atom. The van der Waals surface area contributed by atoms with Gasteiger partial charge in [-0.15, -0.1) is 11.3 Å². The van der Waals surface area contributed by atoms with E-state index >= 15 is 0 Å². The van der Waals surface area contributed by atoms with Gasteiger partial charge < -0.3 is 10.4 Å². The van der Waals surface area contributed by atoms with Crippen LogP contribution in [0.5, 0.6) is 0 Å². The average molecular weight is 310 g/mol. The van der Waals surface area contributed by atoms with Crippen LogP contribution in [-0.2, 0) is 6.42 Å². The molecular weight excluding hydrogens is 290 g/mol. The lowest BCUT2D eigenvalue weighted by Crippen LogP contribution is -2.31. The normalized spacial score (nSPS) is 14.2. The predicted molar refractivity (Wildman–Crippen MR) is 86.6 cm³/mol. The van der Waals surface area contributed by atoms with Crippen molar-refractivity contribution in [3.63, 3.8) is 0 Å². The summed E-state index contributed by atoms with van der Waals surface area (Å²) in [5.74, 6) is 0. The third kappa shape index (κ3) is 4.60. The van der Waals surface area contributed by atoms with Crippen molar-refractivity contribution in [2.75, 3.05) is 6.54 Å². The maximum Gasteiger partial charge on any atom is 0.0914 e. The van der Waals surface area contributed by atoms with E-state index in [1.807, 2.05) is 18.2 Å². The summed E-state index contributed by atoms with van der Waals surface area (Å²) in [7, 11) is 0. The highest BCUT2D eigenvalue weighted by molar-refractivity contribution is 7.10. The molecule has 0 bridgehead atoms. The fraction of sp³-hybridized carbons (Fsp3) is 0.375. The second-order valence-electron chi connectivity index (χ2n) is 5.17. The van der Waals surface area contributed by atoms with E-state index in [0.29, 0.717) is 17.6 Å². The minimum Gasteiger partial charge on any atom is -0.387 e. The zero-order valence-corrected chi connectivity index (χ0v) is 13.3. The summed E-state index contributed by atoms with van der Waals surface area (Å²) in [6.45, 7) is 4.78. The third-order valence-corrected chi connectivity index (χ3v) is 4.50. The smallest absolute Gasteiger partial charge is 0.0914 e. The van der Waals surface area contributed by atoms with Gasteiger partial charge in [0.1, 0.15) is 0 Å². The number of aliphatic hydroxyl groups is 1. The van der Waals surface area contributed by atoms with Crippen molar-refractivity contribution >= 4 is 22.9 Å². The Morgan fingerprint density at radius 3 is 2.80 bits per heavy atom. The van der Waals surface area contributed by atoms with Crippen LogP contribution in [0.2, 0.25) is 5.02 Å². The van der Waals surface area contributed by atoms with Gasteiger partial charge in [-0.1, -0.05) is 23.7 Å². The van der Waals surface area contributed by atoms with Crippen molar-refractivity contribution in [1.82, 2.24) is 5.32 Å². The first-order valence-corrected chi connectivity index (χ1v) is 8.01. The molecule has 1 aromatic heterocycles. The van der Waals surface area contributed by atoms with Gasteiger partial charge >= 0.3 is 0 Å². The first-order valence-electron chi connectivity index (χ1n) is 6.75. The van der Waals surface area contributed by atoms with Crippen molar-refractivity contribution in [2.45, 2.75) is 32.4 Å². The quantitative estimate of drug-likeness (QED) is 0.846. The molecule has 0 aliphatic heterocycles. The van der Waals surface area contributed by atoms with Crippen molar-refractivity contribution in [3.8, 4) is 0 Å². The highest BCUT2D eigenvalue weighted by Crippen LogP contribution is 2.18. The molecule has 0 aliphatic carbocycles. The third-order valence-electron chi connectivity index (χ3n) is 3.19. The van der Waals surface area contributed by atoms with Gasteiger partial charge in [0.2, 0.25) is 0 Å². The molecular formula is C16H20ClNOS. The van der Waals surface area contributed by atoms with Gasteiger partial charge in [0.25, 0.3) is 0 Å². The number of benzene rings is 1. The number of hydrogen-bond donors (Lipinski definition) is 2. The number of nitrogens with one attached hydrogen (secondary N) is 1. The van der Waals surface area contributed by atoms with Crippen LogP contribution in [-0.4, -0.2) is 17.7 Å². The first kappa shape index (κ1) is 15.5. The van der Waals surface area contributed by atoms with Gasteiger partial charge in [0, 0.05) is 22.5 Å². The molecule has 2 aromatic rings. The molecule has 0 aliphatic rings. The summed E-state index contributed by atoms with van der Waals surface area (Å²) in [6, 6.07) is 9.93. The van der Waals surface area contributed by atoms with E-state index in [1.54, 1.807) is 17.4 Å². The van der Waals surface area contributed by atoms with Crippen LogP contribution in [0.15, 0.2) is 35.7 Å². The fourth-order valence-corrected chi connectivity index (χ4v) is 3.32. The van der Waals surface area contributed by atoms with Crippen molar-refractivity contribution in [3.05, 3.63) is 56.7 Å². The van der Waals surface area contributed by atoms with E-state index in [-0.39, 0.29) is 0 Å². The minimum atomic E-state index is -0.527. The Kier molecular flexibility index (Phi) is 5.61. The summed E-state index contributed by atoms with van der Waals surface area (Å²) in [5.41, 5.74) is 2.17. The number of aliphatic hydroxyl groups excluding tert-OH is 1. The van der Waals surface area contributed by atoms with Crippen LogP contribution in [0.3, 0.4) is 0 Å². The van der Waals surface area contributed by atoms with Crippen LogP contribution in [0.1, 0.15) is 29.0 Å². The van der Waals surface area contributed by atoms with Crippen LogP contribution < -0.4 is 5.32 Å². The molecule has 0 spiro atoms. The number of thiophene rings is 1. The second-order valence-corrected chi connectivity index (χ2v) is 6.61. The molecule has 1 aromatic carbocycles. The van der Waals surface area contributed by atoms with Gasteiger partial charge in [-0.2, -0.15) is 0 Å². The Bertz CT molecular complexity index is 555.